The number of fused-ring (bicyclic) bond motifs is 6. The number of rotatable bonds is 7. The van der Waals surface area contributed by atoms with Crippen LogP contribution in [0.15, 0.2) is 224 Å². The summed E-state index contributed by atoms with van der Waals surface area (Å²) in [5.41, 5.74) is 20.8. The van der Waals surface area contributed by atoms with Gasteiger partial charge in [0.05, 0.1) is 5.69 Å². The predicted molar refractivity (Wildman–Crippen MR) is 247 cm³/mol. The molecule has 0 bridgehead atoms. The lowest BCUT2D eigenvalue weighted by atomic mass is 9.74. The van der Waals surface area contributed by atoms with E-state index in [0.29, 0.717) is 0 Å². The van der Waals surface area contributed by atoms with Crippen molar-refractivity contribution in [2.75, 3.05) is 4.90 Å². The van der Waals surface area contributed by atoms with Crippen LogP contribution in [0.4, 0.5) is 17.1 Å². The van der Waals surface area contributed by atoms with Gasteiger partial charge in [0, 0.05) is 27.8 Å². The maximum atomic E-state index is 2.50. The first-order valence-corrected chi connectivity index (χ1v) is 20.7. The highest BCUT2D eigenvalue weighted by Gasteiger charge is 2.43. The Morgan fingerprint density at radius 3 is 1.42 bits per heavy atom. The Kier molecular flexibility index (Phi) is 8.13. The standard InChI is InChI=1S/C58H43N/c1-57(44-22-8-4-9-23-44)51-28-14-12-26-48(51)50-39-47(36-37-53(50)57)59(46-34-32-41(33-35-46)43-21-16-20-42(38-43)40-18-6-3-7-19-40)55-31-17-30-54-56(55)49-27-13-15-29-52(49)58(54,2)45-24-10-5-11-25-45/h3-39H,1-2H3. The molecule has 0 aliphatic heterocycles. The summed E-state index contributed by atoms with van der Waals surface area (Å²) in [6.07, 6.45) is 0. The maximum Gasteiger partial charge on any atom is 0.0543 e. The Hall–Kier alpha value is -7.22. The molecule has 0 heterocycles. The van der Waals surface area contributed by atoms with Gasteiger partial charge in [0.1, 0.15) is 0 Å². The molecule has 0 N–H and O–H groups in total. The summed E-state index contributed by atoms with van der Waals surface area (Å²) in [5.74, 6) is 0. The van der Waals surface area contributed by atoms with Crippen LogP contribution in [0.1, 0.15) is 47.2 Å². The molecule has 0 saturated heterocycles. The van der Waals surface area contributed by atoms with Gasteiger partial charge in [-0.15, -0.1) is 0 Å². The molecule has 2 atom stereocenters. The van der Waals surface area contributed by atoms with Crippen molar-refractivity contribution in [3.8, 4) is 44.5 Å². The maximum absolute atomic E-state index is 2.50. The molecule has 0 spiro atoms. The van der Waals surface area contributed by atoms with Crippen LogP contribution in [0.2, 0.25) is 0 Å². The molecule has 1 heteroatoms. The molecule has 0 saturated carbocycles. The fraction of sp³-hybridized carbons (Fsp3) is 0.0690. The average molecular weight is 754 g/mol. The molecule has 9 aromatic rings. The zero-order valence-electron chi connectivity index (χ0n) is 33.3. The van der Waals surface area contributed by atoms with Crippen LogP contribution in [-0.2, 0) is 10.8 Å². The Balaban J connectivity index is 1.12. The van der Waals surface area contributed by atoms with E-state index in [1.807, 2.05) is 0 Å². The normalized spacial score (nSPS) is 17.1. The molecule has 0 fully saturated rings. The first-order valence-electron chi connectivity index (χ1n) is 20.7. The van der Waals surface area contributed by atoms with Crippen molar-refractivity contribution in [3.63, 3.8) is 0 Å². The van der Waals surface area contributed by atoms with Crippen molar-refractivity contribution in [2.45, 2.75) is 24.7 Å². The number of benzene rings is 9. The second-order valence-corrected chi connectivity index (χ2v) is 16.3. The highest BCUT2D eigenvalue weighted by molar-refractivity contribution is 5.97. The minimum Gasteiger partial charge on any atom is -0.310 e. The zero-order chi connectivity index (χ0) is 39.6. The average Bonchev–Trinajstić information content (AvgIpc) is 3.74. The molecule has 0 amide bonds. The van der Waals surface area contributed by atoms with E-state index in [0.717, 1.165) is 11.4 Å². The monoisotopic (exact) mass is 753 g/mol. The summed E-state index contributed by atoms with van der Waals surface area (Å²) < 4.78 is 0. The Morgan fingerprint density at radius 1 is 0.305 bits per heavy atom. The van der Waals surface area contributed by atoms with Crippen LogP contribution in [0, 0.1) is 0 Å². The van der Waals surface area contributed by atoms with E-state index in [9.17, 15) is 0 Å². The molecule has 2 unspecified atom stereocenters. The van der Waals surface area contributed by atoms with Gasteiger partial charge < -0.3 is 4.90 Å². The third-order valence-corrected chi connectivity index (χ3v) is 13.2. The van der Waals surface area contributed by atoms with E-state index in [4.69, 9.17) is 0 Å². The summed E-state index contributed by atoms with van der Waals surface area (Å²) in [7, 11) is 0. The van der Waals surface area contributed by atoms with Crippen molar-refractivity contribution in [3.05, 3.63) is 258 Å². The first kappa shape index (κ1) is 35.0. The molecular weight excluding hydrogens is 711 g/mol. The van der Waals surface area contributed by atoms with Gasteiger partial charge in [-0.25, -0.2) is 0 Å². The molecule has 0 radical (unpaired) electrons. The van der Waals surface area contributed by atoms with Gasteiger partial charge in [-0.2, -0.15) is 0 Å². The van der Waals surface area contributed by atoms with Crippen LogP contribution in [0.25, 0.3) is 44.5 Å². The second kappa shape index (κ2) is 13.7. The predicted octanol–water partition coefficient (Wildman–Crippen LogP) is 15.2. The minimum absolute atomic E-state index is 0.267. The van der Waals surface area contributed by atoms with Gasteiger partial charge in [0.25, 0.3) is 0 Å². The number of hydrogen-bond acceptors (Lipinski definition) is 1. The molecule has 9 aromatic carbocycles. The van der Waals surface area contributed by atoms with Gasteiger partial charge in [-0.1, -0.05) is 188 Å². The van der Waals surface area contributed by atoms with Gasteiger partial charge in [0.2, 0.25) is 0 Å². The topological polar surface area (TPSA) is 3.24 Å². The van der Waals surface area contributed by atoms with Crippen LogP contribution >= 0.6 is 0 Å². The molecule has 0 aromatic heterocycles. The summed E-state index contributed by atoms with van der Waals surface area (Å²) in [5, 5.41) is 0. The lowest BCUT2D eigenvalue weighted by molar-refractivity contribution is 0.713. The molecule has 2 aliphatic carbocycles. The smallest absolute Gasteiger partial charge is 0.0543 e. The Labute approximate surface area is 347 Å². The molecular formula is C58H43N. The third-order valence-electron chi connectivity index (χ3n) is 13.2. The van der Waals surface area contributed by atoms with Crippen molar-refractivity contribution in [1.29, 1.82) is 0 Å². The molecule has 280 valence electrons. The van der Waals surface area contributed by atoms with Gasteiger partial charge in [-0.3, -0.25) is 0 Å². The van der Waals surface area contributed by atoms with E-state index in [-0.39, 0.29) is 10.8 Å². The molecule has 11 rings (SSSR count). The first-order chi connectivity index (χ1) is 29.0. The van der Waals surface area contributed by atoms with Gasteiger partial charge in [-0.05, 0) is 123 Å². The van der Waals surface area contributed by atoms with Gasteiger partial charge in [0.15, 0.2) is 0 Å². The van der Waals surface area contributed by atoms with E-state index < -0.39 is 0 Å². The number of anilines is 3. The van der Waals surface area contributed by atoms with Crippen molar-refractivity contribution < 1.29 is 0 Å². The van der Waals surface area contributed by atoms with E-state index in [1.54, 1.807) is 0 Å². The third kappa shape index (κ3) is 5.39. The van der Waals surface area contributed by atoms with Crippen molar-refractivity contribution in [1.82, 2.24) is 0 Å². The Morgan fingerprint density at radius 2 is 0.763 bits per heavy atom. The molecule has 59 heavy (non-hydrogen) atoms. The number of nitrogens with zero attached hydrogens (tertiary/aromatic N) is 1. The van der Waals surface area contributed by atoms with E-state index in [2.05, 4.69) is 243 Å². The quantitative estimate of drug-likeness (QED) is 0.157. The molecule has 2 aliphatic rings. The van der Waals surface area contributed by atoms with Crippen molar-refractivity contribution in [2.24, 2.45) is 0 Å². The fourth-order valence-electron chi connectivity index (χ4n) is 10.2. The molecule has 1 nitrogen and oxygen atoms in total. The van der Waals surface area contributed by atoms with Crippen molar-refractivity contribution >= 4 is 17.1 Å². The van der Waals surface area contributed by atoms with Crippen LogP contribution in [0.5, 0.6) is 0 Å². The van der Waals surface area contributed by atoms with E-state index >= 15 is 0 Å². The lowest BCUT2D eigenvalue weighted by Crippen LogP contribution is -2.22. The second-order valence-electron chi connectivity index (χ2n) is 16.3. The summed E-state index contributed by atoms with van der Waals surface area (Å²) in [6.45, 7) is 4.79. The van der Waals surface area contributed by atoms with Crippen LogP contribution in [-0.4, -0.2) is 0 Å². The lowest BCUT2D eigenvalue weighted by Gasteiger charge is -2.31. The van der Waals surface area contributed by atoms with Crippen LogP contribution < -0.4 is 4.90 Å². The van der Waals surface area contributed by atoms with Gasteiger partial charge >= 0.3 is 0 Å². The minimum atomic E-state index is -0.309. The summed E-state index contributed by atoms with van der Waals surface area (Å²) >= 11 is 0. The zero-order valence-corrected chi connectivity index (χ0v) is 33.3. The highest BCUT2D eigenvalue weighted by Crippen LogP contribution is 2.58. The fourth-order valence-corrected chi connectivity index (χ4v) is 10.2. The number of hydrogen-bond donors (Lipinski definition) is 0. The van der Waals surface area contributed by atoms with E-state index in [1.165, 1.54) is 83.6 Å². The SMILES string of the molecule is CC1(c2ccccc2)c2ccccc2-c2cc(N(c3ccc(-c4cccc(-c5ccccc5)c4)cc3)c3cccc4c3-c3ccccc3C4(C)c3ccccc3)ccc21. The summed E-state index contributed by atoms with van der Waals surface area (Å²) in [6, 6.07) is 82.8. The summed E-state index contributed by atoms with van der Waals surface area (Å²) in [4.78, 5) is 2.50. The van der Waals surface area contributed by atoms with Crippen LogP contribution in [0.3, 0.4) is 0 Å². The Bertz CT molecular complexity index is 3000. The highest BCUT2D eigenvalue weighted by atomic mass is 15.1. The largest absolute Gasteiger partial charge is 0.310 e.